The minimum absolute atomic E-state index is 0. The van der Waals surface area contributed by atoms with Crippen LogP contribution in [0.15, 0.2) is 24.3 Å². The highest BCUT2D eigenvalue weighted by Gasteiger charge is 2.21. The van der Waals surface area contributed by atoms with Gasteiger partial charge in [-0.05, 0) is 31.2 Å². The van der Waals surface area contributed by atoms with Crippen LogP contribution >= 0.6 is 0 Å². The van der Waals surface area contributed by atoms with E-state index in [9.17, 15) is 0 Å². The van der Waals surface area contributed by atoms with Gasteiger partial charge in [0, 0.05) is 5.56 Å². The van der Waals surface area contributed by atoms with Gasteiger partial charge in [0.1, 0.15) is 7.85 Å². The van der Waals surface area contributed by atoms with E-state index in [1.165, 1.54) is 5.46 Å². The maximum absolute atomic E-state index is 4.12. The van der Waals surface area contributed by atoms with Gasteiger partial charge in [0.05, 0.1) is 5.54 Å². The lowest BCUT2D eigenvalue weighted by Gasteiger charge is -2.20. The smallest absolute Gasteiger partial charge is 0.181 e. The summed E-state index contributed by atoms with van der Waals surface area (Å²) in [5.41, 5.74) is 2.16. The van der Waals surface area contributed by atoms with Crippen molar-refractivity contribution < 1.29 is 11.0 Å². The highest BCUT2D eigenvalue weighted by atomic mass is 16.0. The maximum atomic E-state index is 4.12. The van der Waals surface area contributed by atoms with Crippen molar-refractivity contribution in [2.24, 2.45) is 0 Å². The van der Waals surface area contributed by atoms with Crippen LogP contribution in [0, 0.1) is 0 Å². The van der Waals surface area contributed by atoms with Crippen LogP contribution < -0.4 is 5.46 Å². The summed E-state index contributed by atoms with van der Waals surface area (Å²) in [5.74, 6) is 0.825. The van der Waals surface area contributed by atoms with E-state index >= 15 is 0 Å². The Bertz CT molecular complexity index is 508. The third-order valence-corrected chi connectivity index (χ3v) is 2.49. The minimum Gasteiger partial charge on any atom is -0.412 e. The van der Waals surface area contributed by atoms with Gasteiger partial charge in [-0.15, -0.1) is 5.10 Å². The average Bonchev–Trinajstić information content (AvgIpc) is 2.66. The van der Waals surface area contributed by atoms with Crippen molar-refractivity contribution in [1.29, 1.82) is 0 Å². The lowest BCUT2D eigenvalue weighted by atomic mass is 9.90. The second kappa shape index (κ2) is 5.75. The summed E-state index contributed by atoms with van der Waals surface area (Å²) >= 11 is 0. The van der Waals surface area contributed by atoms with E-state index in [-0.39, 0.29) is 16.5 Å². The summed E-state index contributed by atoms with van der Waals surface area (Å²) in [6.07, 6.45) is 0. The molecular formula is C11H19BN4O2. The van der Waals surface area contributed by atoms with Crippen LogP contribution in [-0.4, -0.2) is 39.0 Å². The zero-order valence-electron chi connectivity index (χ0n) is 11.1. The molecule has 0 saturated carbocycles. The lowest BCUT2D eigenvalue weighted by Crippen LogP contribution is -2.25. The number of nitrogens with zero attached hydrogens (tertiary/aromatic N) is 4. The fourth-order valence-corrected chi connectivity index (χ4v) is 1.63. The van der Waals surface area contributed by atoms with Gasteiger partial charge < -0.3 is 11.0 Å². The van der Waals surface area contributed by atoms with Crippen LogP contribution in [0.4, 0.5) is 0 Å². The zero-order chi connectivity index (χ0) is 11.8. The van der Waals surface area contributed by atoms with E-state index in [0.717, 1.165) is 11.4 Å². The van der Waals surface area contributed by atoms with Crippen LogP contribution in [0.2, 0.25) is 0 Å². The SMILES string of the molecule is Bc1ccccc1-c1nnnn1C(C)(C)C.O.O. The van der Waals surface area contributed by atoms with Gasteiger partial charge in [0.15, 0.2) is 5.82 Å². The van der Waals surface area contributed by atoms with Gasteiger partial charge >= 0.3 is 0 Å². The molecule has 0 atom stereocenters. The quantitative estimate of drug-likeness (QED) is 0.587. The Hall–Kier alpha value is -1.73. The molecule has 0 aliphatic heterocycles. The summed E-state index contributed by atoms with van der Waals surface area (Å²) in [5, 5.41) is 11.9. The van der Waals surface area contributed by atoms with Crippen molar-refractivity contribution in [1.82, 2.24) is 20.2 Å². The van der Waals surface area contributed by atoms with Crippen LogP contribution in [0.1, 0.15) is 20.8 Å². The van der Waals surface area contributed by atoms with E-state index in [1.807, 2.05) is 22.9 Å². The Kier molecular flexibility index (Phi) is 5.20. The Morgan fingerprint density at radius 2 is 1.72 bits per heavy atom. The van der Waals surface area contributed by atoms with Crippen LogP contribution in [0.3, 0.4) is 0 Å². The Labute approximate surface area is 107 Å². The van der Waals surface area contributed by atoms with Gasteiger partial charge in [-0.1, -0.05) is 29.7 Å². The first-order valence-corrected chi connectivity index (χ1v) is 5.35. The second-order valence-corrected chi connectivity index (χ2v) is 4.90. The summed E-state index contributed by atoms with van der Waals surface area (Å²) < 4.78 is 1.86. The number of benzene rings is 1. The monoisotopic (exact) mass is 250 g/mol. The van der Waals surface area contributed by atoms with E-state index in [0.29, 0.717) is 0 Å². The first kappa shape index (κ1) is 16.3. The zero-order valence-corrected chi connectivity index (χ0v) is 11.1. The predicted octanol–water partition coefficient (Wildman–Crippen LogP) is -1.30. The summed E-state index contributed by atoms with van der Waals surface area (Å²) in [4.78, 5) is 0. The molecule has 0 aliphatic rings. The van der Waals surface area contributed by atoms with Gasteiger partial charge in [-0.25, -0.2) is 4.68 Å². The number of hydrogen-bond acceptors (Lipinski definition) is 3. The number of rotatable bonds is 1. The van der Waals surface area contributed by atoms with Crippen molar-refractivity contribution in [3.8, 4) is 11.4 Å². The third kappa shape index (κ3) is 2.94. The predicted molar refractivity (Wildman–Crippen MR) is 73.7 cm³/mol. The molecule has 0 aliphatic carbocycles. The standard InChI is InChI=1S/C11H15BN4.2H2O/c1-11(2,3)16-10(13-14-15-16)8-6-4-5-7-9(8)12;;/h4-7H,12H2,1-3H3;2*1H2. The number of hydrogen-bond donors (Lipinski definition) is 0. The largest absolute Gasteiger partial charge is 0.412 e. The number of aromatic nitrogens is 4. The lowest BCUT2D eigenvalue weighted by molar-refractivity contribution is 0.351. The molecule has 1 aromatic heterocycles. The molecule has 0 amide bonds. The van der Waals surface area contributed by atoms with Crippen molar-refractivity contribution in [3.63, 3.8) is 0 Å². The molecule has 0 spiro atoms. The molecule has 18 heavy (non-hydrogen) atoms. The topological polar surface area (TPSA) is 107 Å². The average molecular weight is 250 g/mol. The summed E-state index contributed by atoms with van der Waals surface area (Å²) in [7, 11) is 2.07. The third-order valence-electron chi connectivity index (χ3n) is 2.49. The van der Waals surface area contributed by atoms with Crippen LogP contribution in [0.5, 0.6) is 0 Å². The van der Waals surface area contributed by atoms with Crippen molar-refractivity contribution in [2.75, 3.05) is 0 Å². The Morgan fingerprint density at radius 3 is 2.28 bits per heavy atom. The molecule has 1 aromatic carbocycles. The molecule has 2 aromatic rings. The molecule has 4 N–H and O–H groups in total. The van der Waals surface area contributed by atoms with Crippen molar-refractivity contribution in [2.45, 2.75) is 26.3 Å². The molecule has 98 valence electrons. The molecular weight excluding hydrogens is 231 g/mol. The summed E-state index contributed by atoms with van der Waals surface area (Å²) in [6, 6.07) is 8.13. The van der Waals surface area contributed by atoms with Gasteiger partial charge in [0.2, 0.25) is 0 Å². The Morgan fingerprint density at radius 1 is 1.11 bits per heavy atom. The molecule has 0 unspecified atom stereocenters. The highest BCUT2D eigenvalue weighted by molar-refractivity contribution is 6.35. The fraction of sp³-hybridized carbons (Fsp3) is 0.364. The first-order chi connectivity index (χ1) is 7.50. The molecule has 2 rings (SSSR count). The number of tetrazole rings is 1. The van der Waals surface area contributed by atoms with E-state index in [1.54, 1.807) is 0 Å². The van der Waals surface area contributed by atoms with Gasteiger partial charge in [0.25, 0.3) is 0 Å². The maximum Gasteiger partial charge on any atom is 0.181 e. The molecule has 1 heterocycles. The first-order valence-electron chi connectivity index (χ1n) is 5.35. The van der Waals surface area contributed by atoms with Crippen molar-refractivity contribution in [3.05, 3.63) is 24.3 Å². The second-order valence-electron chi connectivity index (χ2n) is 4.90. The molecule has 7 heteroatoms. The molecule has 0 fully saturated rings. The van der Waals surface area contributed by atoms with Crippen molar-refractivity contribution >= 4 is 13.3 Å². The fourth-order valence-electron chi connectivity index (χ4n) is 1.63. The minimum atomic E-state index is -0.110. The van der Waals surface area contributed by atoms with E-state index < -0.39 is 0 Å². The Balaban J connectivity index is 0.00000144. The molecule has 0 saturated heterocycles. The molecule has 0 bridgehead atoms. The molecule has 0 radical (unpaired) electrons. The molecule has 6 nitrogen and oxygen atoms in total. The summed E-state index contributed by atoms with van der Waals surface area (Å²) in [6.45, 7) is 6.27. The van der Waals surface area contributed by atoms with Gasteiger partial charge in [-0.2, -0.15) is 0 Å². The van der Waals surface area contributed by atoms with E-state index in [4.69, 9.17) is 0 Å². The highest BCUT2D eigenvalue weighted by Crippen LogP contribution is 2.20. The van der Waals surface area contributed by atoms with Crippen LogP contribution in [0.25, 0.3) is 11.4 Å². The normalized spacial score (nSPS) is 10.4. The van der Waals surface area contributed by atoms with Crippen LogP contribution in [-0.2, 0) is 5.54 Å². The van der Waals surface area contributed by atoms with E-state index in [2.05, 4.69) is 50.2 Å². The van der Waals surface area contributed by atoms with Gasteiger partial charge in [-0.3, -0.25) is 0 Å².